The van der Waals surface area contributed by atoms with E-state index in [4.69, 9.17) is 0 Å². The molecule has 0 spiro atoms. The van der Waals surface area contributed by atoms with Crippen molar-refractivity contribution in [3.05, 3.63) is 12.2 Å². The van der Waals surface area contributed by atoms with Gasteiger partial charge in [0.05, 0.1) is 32.2 Å². The summed E-state index contributed by atoms with van der Waals surface area (Å²) in [6, 6.07) is 0. The summed E-state index contributed by atoms with van der Waals surface area (Å²) in [5.74, 6) is -2.63. The van der Waals surface area contributed by atoms with Gasteiger partial charge in [0.1, 0.15) is 0 Å². The summed E-state index contributed by atoms with van der Waals surface area (Å²) < 4.78 is 9.12. The summed E-state index contributed by atoms with van der Waals surface area (Å²) in [6.07, 6.45) is 2.53. The lowest BCUT2D eigenvalue weighted by Crippen LogP contribution is -2.40. The lowest BCUT2D eigenvalue weighted by Gasteiger charge is -2.27. The molecule has 0 heterocycles. The standard InChI is InChI=1S/C10H14O5/c1-14-9(12)6-4-3-5-7(11)8(6)10(13)15-2/h3,5-8,11H,4H2,1-2H3/t6-,7?,8+/m0/s1. The third-order valence-corrected chi connectivity index (χ3v) is 2.50. The maximum absolute atomic E-state index is 11.4. The Morgan fingerprint density at radius 2 is 1.87 bits per heavy atom. The molecule has 15 heavy (non-hydrogen) atoms. The van der Waals surface area contributed by atoms with Gasteiger partial charge in [-0.3, -0.25) is 9.59 Å². The molecule has 84 valence electrons. The van der Waals surface area contributed by atoms with Crippen LogP contribution in [0.25, 0.3) is 0 Å². The van der Waals surface area contributed by atoms with E-state index in [9.17, 15) is 14.7 Å². The number of hydrogen-bond donors (Lipinski definition) is 1. The van der Waals surface area contributed by atoms with Gasteiger partial charge in [0.15, 0.2) is 0 Å². The van der Waals surface area contributed by atoms with Crippen molar-refractivity contribution in [1.29, 1.82) is 0 Å². The molecule has 1 N–H and O–H groups in total. The average Bonchev–Trinajstić information content (AvgIpc) is 2.26. The molecular weight excluding hydrogens is 200 g/mol. The second-order valence-electron chi connectivity index (χ2n) is 3.33. The summed E-state index contributed by atoms with van der Waals surface area (Å²) in [5, 5.41) is 9.59. The zero-order valence-corrected chi connectivity index (χ0v) is 8.67. The number of aliphatic hydroxyl groups is 1. The van der Waals surface area contributed by atoms with Crippen LogP contribution in [-0.2, 0) is 19.1 Å². The van der Waals surface area contributed by atoms with Gasteiger partial charge in [0.25, 0.3) is 0 Å². The van der Waals surface area contributed by atoms with E-state index in [2.05, 4.69) is 9.47 Å². The number of esters is 2. The normalized spacial score (nSPS) is 29.7. The summed E-state index contributed by atoms with van der Waals surface area (Å²) in [6.45, 7) is 0. The minimum Gasteiger partial charge on any atom is -0.469 e. The van der Waals surface area contributed by atoms with Gasteiger partial charge in [-0.1, -0.05) is 12.2 Å². The van der Waals surface area contributed by atoms with Crippen LogP contribution in [-0.4, -0.2) is 37.4 Å². The first-order chi connectivity index (χ1) is 7.11. The minimum absolute atomic E-state index is 0.378. The molecule has 0 fully saturated rings. The maximum atomic E-state index is 11.4. The summed E-state index contributed by atoms with van der Waals surface area (Å²) in [7, 11) is 2.48. The van der Waals surface area contributed by atoms with Crippen LogP contribution >= 0.6 is 0 Å². The first-order valence-electron chi connectivity index (χ1n) is 4.62. The Bertz CT molecular complexity index is 284. The van der Waals surface area contributed by atoms with Crippen LogP contribution in [0.15, 0.2) is 12.2 Å². The van der Waals surface area contributed by atoms with E-state index < -0.39 is 29.9 Å². The van der Waals surface area contributed by atoms with Crippen molar-refractivity contribution >= 4 is 11.9 Å². The number of aliphatic hydroxyl groups excluding tert-OH is 1. The average molecular weight is 214 g/mol. The molecule has 0 bridgehead atoms. The van der Waals surface area contributed by atoms with Crippen molar-refractivity contribution in [3.63, 3.8) is 0 Å². The van der Waals surface area contributed by atoms with Gasteiger partial charge in [-0.15, -0.1) is 0 Å². The monoisotopic (exact) mass is 214 g/mol. The number of carbonyl (C=O) groups excluding carboxylic acids is 2. The molecule has 0 saturated carbocycles. The number of carbonyl (C=O) groups is 2. The molecule has 0 aromatic carbocycles. The molecule has 5 nitrogen and oxygen atoms in total. The van der Waals surface area contributed by atoms with Crippen molar-refractivity contribution in [3.8, 4) is 0 Å². The lowest BCUT2D eigenvalue weighted by atomic mass is 9.81. The van der Waals surface area contributed by atoms with Crippen molar-refractivity contribution < 1.29 is 24.2 Å². The van der Waals surface area contributed by atoms with Gasteiger partial charge >= 0.3 is 11.9 Å². The van der Waals surface area contributed by atoms with E-state index in [0.29, 0.717) is 6.42 Å². The summed E-state index contributed by atoms with van der Waals surface area (Å²) in [4.78, 5) is 22.8. The van der Waals surface area contributed by atoms with E-state index in [1.165, 1.54) is 20.3 Å². The van der Waals surface area contributed by atoms with Gasteiger partial charge < -0.3 is 14.6 Å². The molecule has 5 heteroatoms. The predicted molar refractivity (Wildman–Crippen MR) is 50.8 cm³/mol. The quantitative estimate of drug-likeness (QED) is 0.512. The fraction of sp³-hybridized carbons (Fsp3) is 0.600. The Balaban J connectivity index is 2.89. The molecule has 1 unspecified atom stereocenters. The predicted octanol–water partition coefficient (Wildman–Crippen LogP) is -0.114. The smallest absolute Gasteiger partial charge is 0.312 e. The highest BCUT2D eigenvalue weighted by molar-refractivity contribution is 5.83. The molecule has 1 rings (SSSR count). The van der Waals surface area contributed by atoms with Crippen molar-refractivity contribution in [1.82, 2.24) is 0 Å². The number of hydrogen-bond acceptors (Lipinski definition) is 5. The van der Waals surface area contributed by atoms with E-state index >= 15 is 0 Å². The SMILES string of the molecule is COC(=O)[C@H]1CC=CC(O)[C@@H]1C(=O)OC. The second kappa shape index (κ2) is 4.93. The maximum Gasteiger partial charge on any atom is 0.312 e. The molecule has 0 aromatic heterocycles. The molecule has 3 atom stereocenters. The summed E-state index contributed by atoms with van der Waals surface area (Å²) in [5.41, 5.74) is 0. The molecule has 0 aliphatic heterocycles. The van der Waals surface area contributed by atoms with Crippen LogP contribution in [0.3, 0.4) is 0 Å². The number of ether oxygens (including phenoxy) is 2. The fourth-order valence-electron chi connectivity index (χ4n) is 1.70. The molecule has 1 aliphatic rings. The Kier molecular flexibility index (Phi) is 3.85. The number of rotatable bonds is 2. The van der Waals surface area contributed by atoms with E-state index in [-0.39, 0.29) is 0 Å². The second-order valence-corrected chi connectivity index (χ2v) is 3.33. The summed E-state index contributed by atoms with van der Waals surface area (Å²) >= 11 is 0. The zero-order chi connectivity index (χ0) is 11.4. The van der Waals surface area contributed by atoms with Gasteiger partial charge in [-0.25, -0.2) is 0 Å². The number of methoxy groups -OCH3 is 2. The first-order valence-corrected chi connectivity index (χ1v) is 4.62. The Labute approximate surface area is 87.7 Å². The Morgan fingerprint density at radius 1 is 1.27 bits per heavy atom. The van der Waals surface area contributed by atoms with Crippen molar-refractivity contribution in [2.45, 2.75) is 12.5 Å². The van der Waals surface area contributed by atoms with Crippen LogP contribution in [0, 0.1) is 11.8 Å². The highest BCUT2D eigenvalue weighted by atomic mass is 16.5. The highest BCUT2D eigenvalue weighted by Crippen LogP contribution is 2.28. The van der Waals surface area contributed by atoms with Crippen LogP contribution in [0.1, 0.15) is 6.42 Å². The van der Waals surface area contributed by atoms with Gasteiger partial charge in [-0.2, -0.15) is 0 Å². The number of allylic oxidation sites excluding steroid dienone is 1. The molecule has 0 radical (unpaired) electrons. The molecule has 0 saturated heterocycles. The first kappa shape index (κ1) is 11.7. The third kappa shape index (κ3) is 2.36. The Morgan fingerprint density at radius 3 is 2.40 bits per heavy atom. The fourth-order valence-corrected chi connectivity index (χ4v) is 1.70. The minimum atomic E-state index is -0.990. The largest absolute Gasteiger partial charge is 0.469 e. The third-order valence-electron chi connectivity index (χ3n) is 2.50. The Hall–Kier alpha value is -1.36. The molecular formula is C10H14O5. The van der Waals surface area contributed by atoms with Crippen LogP contribution in [0.5, 0.6) is 0 Å². The van der Waals surface area contributed by atoms with Crippen LogP contribution < -0.4 is 0 Å². The van der Waals surface area contributed by atoms with E-state index in [1.54, 1.807) is 6.08 Å². The molecule has 1 aliphatic carbocycles. The molecule has 0 amide bonds. The zero-order valence-electron chi connectivity index (χ0n) is 8.67. The van der Waals surface area contributed by atoms with E-state index in [0.717, 1.165) is 0 Å². The van der Waals surface area contributed by atoms with Gasteiger partial charge in [-0.05, 0) is 6.42 Å². The lowest BCUT2D eigenvalue weighted by molar-refractivity contribution is -0.161. The van der Waals surface area contributed by atoms with Gasteiger partial charge in [0.2, 0.25) is 0 Å². The molecule has 0 aromatic rings. The van der Waals surface area contributed by atoms with Crippen molar-refractivity contribution in [2.24, 2.45) is 11.8 Å². The topological polar surface area (TPSA) is 72.8 Å². The highest BCUT2D eigenvalue weighted by Gasteiger charge is 2.40. The van der Waals surface area contributed by atoms with Crippen LogP contribution in [0.4, 0.5) is 0 Å². The van der Waals surface area contributed by atoms with Crippen molar-refractivity contribution in [2.75, 3.05) is 14.2 Å². The van der Waals surface area contributed by atoms with Gasteiger partial charge in [0, 0.05) is 0 Å². The van der Waals surface area contributed by atoms with Crippen LogP contribution in [0.2, 0.25) is 0 Å². The van der Waals surface area contributed by atoms with E-state index in [1.807, 2.05) is 0 Å².